The van der Waals surface area contributed by atoms with Crippen LogP contribution in [0.1, 0.15) is 24.0 Å². The Hall–Kier alpha value is -0.863. The summed E-state index contributed by atoms with van der Waals surface area (Å²) < 4.78 is 5.10. The predicted molar refractivity (Wildman–Crippen MR) is 61.1 cm³/mol. The third-order valence-electron chi connectivity index (χ3n) is 2.32. The highest BCUT2D eigenvalue weighted by Crippen LogP contribution is 2.21. The lowest BCUT2D eigenvalue weighted by Gasteiger charge is -2.06. The van der Waals surface area contributed by atoms with Crippen molar-refractivity contribution in [1.82, 2.24) is 0 Å². The van der Waals surface area contributed by atoms with Gasteiger partial charge in [-0.2, -0.15) is 0 Å². The zero-order valence-electron chi connectivity index (χ0n) is 8.20. The van der Waals surface area contributed by atoms with Crippen LogP contribution in [0.5, 0.6) is 0 Å². The van der Waals surface area contributed by atoms with Crippen LogP contribution in [0.4, 0.5) is 0 Å². The molecule has 1 heterocycles. The first-order valence-electron chi connectivity index (χ1n) is 5.08. The molecule has 0 bridgehead atoms. The summed E-state index contributed by atoms with van der Waals surface area (Å²) >= 11 is 0. The van der Waals surface area contributed by atoms with E-state index in [1.54, 1.807) is 0 Å². The number of benzene rings is 1. The fourth-order valence-electron chi connectivity index (χ4n) is 1.41. The first-order chi connectivity index (χ1) is 6.97. The fraction of sp³-hybridized carbons (Fsp3) is 0.333. The van der Waals surface area contributed by atoms with Gasteiger partial charge in [0.25, 0.3) is 0 Å². The van der Waals surface area contributed by atoms with Crippen molar-refractivity contribution in [3.05, 3.63) is 35.4 Å². The Balaban J connectivity index is 0.000000112. The molecule has 1 saturated heterocycles. The number of rotatable bonds is 0. The second-order valence-electron chi connectivity index (χ2n) is 3.41. The highest BCUT2D eigenvalue weighted by Gasteiger charge is 2.00. The van der Waals surface area contributed by atoms with Crippen molar-refractivity contribution >= 4 is 21.9 Å². The van der Waals surface area contributed by atoms with E-state index in [-0.39, 0.29) is 0 Å². The summed E-state index contributed by atoms with van der Waals surface area (Å²) in [5, 5.41) is 0. The first kappa shape index (κ1) is 9.68. The van der Waals surface area contributed by atoms with Crippen LogP contribution in [0.15, 0.2) is 24.3 Å². The molecule has 0 unspecified atom stereocenters. The molecule has 0 aromatic heterocycles. The van der Waals surface area contributed by atoms with Crippen LogP contribution in [0.2, 0.25) is 6.04 Å². The van der Waals surface area contributed by atoms with Gasteiger partial charge in [-0.05, 0) is 23.6 Å². The average molecular weight is 202 g/mol. The minimum atomic E-state index is 0.802. The van der Waals surface area contributed by atoms with Crippen molar-refractivity contribution in [1.29, 1.82) is 0 Å². The van der Waals surface area contributed by atoms with Crippen LogP contribution < -0.4 is 0 Å². The molecular weight excluding hydrogens is 188 g/mol. The van der Waals surface area contributed by atoms with E-state index in [1.165, 1.54) is 30.0 Å². The highest BCUT2D eigenvalue weighted by molar-refractivity contribution is 6.27. The highest BCUT2D eigenvalue weighted by atomic mass is 28.2. The van der Waals surface area contributed by atoms with Crippen LogP contribution in [0, 0.1) is 0 Å². The van der Waals surface area contributed by atoms with Gasteiger partial charge in [0.15, 0.2) is 0 Å². The zero-order chi connectivity index (χ0) is 9.64. The average Bonchev–Trinajstić information content (AvgIpc) is 2.24. The smallest absolute Gasteiger partial charge is 0.229 e. The van der Waals surface area contributed by atoms with Crippen molar-refractivity contribution < 1.29 is 4.43 Å². The zero-order valence-corrected chi connectivity index (χ0v) is 9.20. The molecule has 1 nitrogen and oxygen atoms in total. The van der Waals surface area contributed by atoms with E-state index in [0.29, 0.717) is 0 Å². The van der Waals surface area contributed by atoms with Gasteiger partial charge in [0.2, 0.25) is 9.76 Å². The minimum absolute atomic E-state index is 0.802. The first-order valence-corrected chi connectivity index (χ1v) is 6.20. The lowest BCUT2D eigenvalue weighted by atomic mass is 9.99. The summed E-state index contributed by atoms with van der Waals surface area (Å²) in [6, 6.07) is 9.66. The summed E-state index contributed by atoms with van der Waals surface area (Å²) in [5.41, 5.74) is 2.74. The molecule has 1 aliphatic heterocycles. The Morgan fingerprint density at radius 1 is 1.00 bits per heavy atom. The molecule has 72 valence electrons. The molecule has 2 aliphatic rings. The van der Waals surface area contributed by atoms with E-state index in [4.69, 9.17) is 4.43 Å². The number of hydrogen-bond acceptors (Lipinski definition) is 1. The standard InChI is InChI=1S/C8H6.C4H8OSi/c1-2-4-8-6-5-7(8)3-1;1-2-4-6-5-3-1/h1-6H;1-4H2. The molecule has 0 saturated carbocycles. The summed E-state index contributed by atoms with van der Waals surface area (Å²) in [5.74, 6) is 0. The van der Waals surface area contributed by atoms with Gasteiger partial charge in [-0.25, -0.2) is 0 Å². The van der Waals surface area contributed by atoms with Gasteiger partial charge in [0.1, 0.15) is 0 Å². The Morgan fingerprint density at radius 3 is 1.93 bits per heavy atom. The minimum Gasteiger partial charge on any atom is -0.417 e. The Kier molecular flexibility index (Phi) is 3.55. The Morgan fingerprint density at radius 2 is 1.71 bits per heavy atom. The molecule has 1 aromatic carbocycles. The molecule has 1 aromatic rings. The van der Waals surface area contributed by atoms with Gasteiger partial charge in [-0.1, -0.05) is 42.8 Å². The molecule has 2 heteroatoms. The number of hydrogen-bond donors (Lipinski definition) is 0. The summed E-state index contributed by atoms with van der Waals surface area (Å²) in [4.78, 5) is 0. The van der Waals surface area contributed by atoms with Crippen LogP contribution in [-0.2, 0) is 4.43 Å². The molecule has 0 spiro atoms. The van der Waals surface area contributed by atoms with E-state index in [0.717, 1.165) is 16.4 Å². The molecule has 3 rings (SSSR count). The summed E-state index contributed by atoms with van der Waals surface area (Å²) in [6.07, 6.45) is 6.91. The molecule has 0 amide bonds. The largest absolute Gasteiger partial charge is 0.417 e. The lowest BCUT2D eigenvalue weighted by molar-refractivity contribution is 0.304. The van der Waals surface area contributed by atoms with Crippen molar-refractivity contribution in [2.24, 2.45) is 0 Å². The fourth-order valence-corrected chi connectivity index (χ4v) is 2.24. The van der Waals surface area contributed by atoms with E-state index in [9.17, 15) is 0 Å². The van der Waals surface area contributed by atoms with Gasteiger partial charge in [-0.3, -0.25) is 0 Å². The Bertz CT molecular complexity index is 279. The topological polar surface area (TPSA) is 9.23 Å². The van der Waals surface area contributed by atoms with Gasteiger partial charge in [0, 0.05) is 6.61 Å². The van der Waals surface area contributed by atoms with Crippen LogP contribution in [-0.4, -0.2) is 16.4 Å². The summed E-state index contributed by atoms with van der Waals surface area (Å²) in [6.45, 7) is 1.01. The van der Waals surface area contributed by atoms with E-state index in [1.807, 2.05) is 0 Å². The van der Waals surface area contributed by atoms with Gasteiger partial charge in [0.05, 0.1) is 0 Å². The predicted octanol–water partition coefficient (Wildman–Crippen LogP) is 3.00. The third kappa shape index (κ3) is 2.56. The van der Waals surface area contributed by atoms with E-state index >= 15 is 0 Å². The maximum absolute atomic E-state index is 5.10. The Labute approximate surface area is 87.7 Å². The molecule has 14 heavy (non-hydrogen) atoms. The molecule has 1 fully saturated rings. The maximum Gasteiger partial charge on any atom is 0.229 e. The third-order valence-corrected chi connectivity index (χ3v) is 3.28. The van der Waals surface area contributed by atoms with Crippen LogP contribution in [0.25, 0.3) is 12.2 Å². The van der Waals surface area contributed by atoms with Gasteiger partial charge >= 0.3 is 0 Å². The molecule has 0 atom stereocenters. The molecule has 0 N–H and O–H groups in total. The summed E-state index contributed by atoms with van der Waals surface area (Å²) in [7, 11) is 0.802. The van der Waals surface area contributed by atoms with Gasteiger partial charge < -0.3 is 4.43 Å². The quantitative estimate of drug-likeness (QED) is 0.597. The molecule has 1 aliphatic carbocycles. The van der Waals surface area contributed by atoms with Crippen molar-refractivity contribution in [2.75, 3.05) is 6.61 Å². The molecule has 2 radical (unpaired) electrons. The number of fused-ring (bicyclic) bond motifs is 1. The van der Waals surface area contributed by atoms with Crippen LogP contribution >= 0.6 is 0 Å². The SMILES string of the molecule is C1=Cc2ccccc21.C1CC[Si]OC1. The van der Waals surface area contributed by atoms with Gasteiger partial charge in [-0.15, -0.1) is 0 Å². The normalized spacial score (nSPS) is 17.4. The van der Waals surface area contributed by atoms with Crippen LogP contribution in [0.3, 0.4) is 0 Å². The van der Waals surface area contributed by atoms with Crippen molar-refractivity contribution in [2.45, 2.75) is 18.9 Å². The van der Waals surface area contributed by atoms with E-state index in [2.05, 4.69) is 36.4 Å². The second kappa shape index (κ2) is 5.13. The van der Waals surface area contributed by atoms with E-state index < -0.39 is 0 Å². The second-order valence-corrected chi connectivity index (χ2v) is 4.49. The lowest BCUT2D eigenvalue weighted by Crippen LogP contribution is -2.06. The molecular formula is C12H14OSi. The van der Waals surface area contributed by atoms with Crippen molar-refractivity contribution in [3.63, 3.8) is 0 Å². The monoisotopic (exact) mass is 202 g/mol. The maximum atomic E-state index is 5.10. The van der Waals surface area contributed by atoms with Crippen molar-refractivity contribution in [3.8, 4) is 0 Å².